The molecule has 0 bridgehead atoms. The Labute approximate surface area is 128 Å². The first-order valence-corrected chi connectivity index (χ1v) is 8.04. The zero-order valence-electron chi connectivity index (χ0n) is 13.7. The van der Waals surface area contributed by atoms with Gasteiger partial charge in [0, 0.05) is 6.04 Å². The number of methoxy groups -OCH3 is 1. The van der Waals surface area contributed by atoms with Crippen LogP contribution in [-0.2, 0) is 4.74 Å². The van der Waals surface area contributed by atoms with Gasteiger partial charge in [0.05, 0.1) is 19.3 Å². The Hall–Kier alpha value is -1.06. The molecular formula is C18H29NO2. The molecule has 0 spiro atoms. The summed E-state index contributed by atoms with van der Waals surface area (Å²) >= 11 is 0. The highest BCUT2D eigenvalue weighted by molar-refractivity contribution is 5.29. The molecule has 1 aromatic carbocycles. The largest absolute Gasteiger partial charge is 0.497 e. The van der Waals surface area contributed by atoms with E-state index in [-0.39, 0.29) is 12.1 Å². The lowest BCUT2D eigenvalue weighted by molar-refractivity contribution is -0.0585. The fourth-order valence-electron chi connectivity index (χ4n) is 3.49. The maximum atomic E-state index is 6.39. The number of benzene rings is 1. The maximum absolute atomic E-state index is 6.39. The Balaban J connectivity index is 2.07. The first kappa shape index (κ1) is 16.3. The molecule has 1 aliphatic carbocycles. The minimum atomic E-state index is -0.0431. The van der Waals surface area contributed by atoms with Crippen molar-refractivity contribution in [3.8, 4) is 5.75 Å². The van der Waals surface area contributed by atoms with E-state index in [1.807, 2.05) is 19.1 Å². The van der Waals surface area contributed by atoms with Crippen LogP contribution in [0.4, 0.5) is 0 Å². The third-order valence-electron chi connectivity index (χ3n) is 4.40. The molecule has 0 radical (unpaired) electrons. The van der Waals surface area contributed by atoms with Gasteiger partial charge in [0.2, 0.25) is 0 Å². The van der Waals surface area contributed by atoms with Crippen molar-refractivity contribution in [3.63, 3.8) is 0 Å². The van der Waals surface area contributed by atoms with Crippen LogP contribution in [0.2, 0.25) is 0 Å². The molecule has 0 heterocycles. The molecule has 1 aromatic rings. The smallest absolute Gasteiger partial charge is 0.118 e. The molecule has 0 saturated heterocycles. The quantitative estimate of drug-likeness (QED) is 0.894. The van der Waals surface area contributed by atoms with Crippen LogP contribution in [0.1, 0.15) is 51.7 Å². The number of nitrogens with two attached hydrogens (primary N) is 1. The second-order valence-electron chi connectivity index (χ2n) is 6.73. The highest BCUT2D eigenvalue weighted by Gasteiger charge is 2.28. The Morgan fingerprint density at radius 3 is 2.10 bits per heavy atom. The van der Waals surface area contributed by atoms with Gasteiger partial charge in [-0.3, -0.25) is 0 Å². The van der Waals surface area contributed by atoms with Gasteiger partial charge >= 0.3 is 0 Å². The van der Waals surface area contributed by atoms with Gasteiger partial charge in [0.15, 0.2) is 0 Å². The van der Waals surface area contributed by atoms with E-state index >= 15 is 0 Å². The molecular weight excluding hydrogens is 262 g/mol. The number of rotatable bonds is 5. The van der Waals surface area contributed by atoms with Crippen molar-refractivity contribution < 1.29 is 9.47 Å². The predicted octanol–water partition coefficient (Wildman–Crippen LogP) is 3.92. The molecule has 1 aliphatic rings. The zero-order chi connectivity index (χ0) is 15.4. The molecule has 1 saturated carbocycles. The summed E-state index contributed by atoms with van der Waals surface area (Å²) in [6.07, 6.45) is 3.87. The van der Waals surface area contributed by atoms with Crippen molar-refractivity contribution in [1.82, 2.24) is 0 Å². The van der Waals surface area contributed by atoms with E-state index in [1.165, 1.54) is 6.42 Å². The summed E-state index contributed by atoms with van der Waals surface area (Å²) < 4.78 is 11.6. The van der Waals surface area contributed by atoms with Crippen LogP contribution in [0.3, 0.4) is 0 Å². The minimum Gasteiger partial charge on any atom is -0.497 e. The molecule has 21 heavy (non-hydrogen) atoms. The Kier molecular flexibility index (Phi) is 5.65. The summed E-state index contributed by atoms with van der Waals surface area (Å²) in [5.41, 5.74) is 7.31. The van der Waals surface area contributed by atoms with Crippen LogP contribution in [-0.4, -0.2) is 19.3 Å². The molecule has 3 heteroatoms. The highest BCUT2D eigenvalue weighted by atomic mass is 16.5. The van der Waals surface area contributed by atoms with Crippen LogP contribution in [0.25, 0.3) is 0 Å². The molecule has 4 atom stereocenters. The third-order valence-corrected chi connectivity index (χ3v) is 4.40. The average molecular weight is 291 g/mol. The van der Waals surface area contributed by atoms with Crippen LogP contribution >= 0.6 is 0 Å². The van der Waals surface area contributed by atoms with Crippen molar-refractivity contribution in [1.29, 1.82) is 0 Å². The van der Waals surface area contributed by atoms with Gasteiger partial charge in [0.25, 0.3) is 0 Å². The van der Waals surface area contributed by atoms with Crippen LogP contribution < -0.4 is 10.5 Å². The fraction of sp³-hybridized carbons (Fsp3) is 0.667. The first-order valence-electron chi connectivity index (χ1n) is 8.04. The monoisotopic (exact) mass is 291 g/mol. The Bertz CT molecular complexity index is 419. The van der Waals surface area contributed by atoms with E-state index < -0.39 is 0 Å². The predicted molar refractivity (Wildman–Crippen MR) is 86.4 cm³/mol. The molecule has 0 amide bonds. The SMILES string of the molecule is COc1ccc(C(OC2CC(C)CC(C)C2)C(C)N)cc1. The molecule has 118 valence electrons. The summed E-state index contributed by atoms with van der Waals surface area (Å²) in [5.74, 6) is 2.34. The van der Waals surface area contributed by atoms with E-state index in [9.17, 15) is 0 Å². The van der Waals surface area contributed by atoms with Gasteiger partial charge in [-0.05, 0) is 55.7 Å². The van der Waals surface area contributed by atoms with Crippen LogP contribution in [0, 0.1) is 11.8 Å². The second-order valence-corrected chi connectivity index (χ2v) is 6.73. The molecule has 4 unspecified atom stereocenters. The van der Waals surface area contributed by atoms with Gasteiger partial charge < -0.3 is 15.2 Å². The van der Waals surface area contributed by atoms with Gasteiger partial charge in [-0.15, -0.1) is 0 Å². The van der Waals surface area contributed by atoms with Crippen molar-refractivity contribution in [3.05, 3.63) is 29.8 Å². The standard InChI is InChI=1S/C18H29NO2/c1-12-9-13(2)11-17(10-12)21-18(14(3)19)15-5-7-16(20-4)8-6-15/h5-8,12-14,17-18H,9-11,19H2,1-4H3. The van der Waals surface area contributed by atoms with Crippen LogP contribution in [0.15, 0.2) is 24.3 Å². The molecule has 3 nitrogen and oxygen atoms in total. The van der Waals surface area contributed by atoms with Gasteiger partial charge in [-0.25, -0.2) is 0 Å². The van der Waals surface area contributed by atoms with E-state index in [1.54, 1.807) is 7.11 Å². The summed E-state index contributed by atoms with van der Waals surface area (Å²) in [5, 5.41) is 0. The Morgan fingerprint density at radius 2 is 1.62 bits per heavy atom. The summed E-state index contributed by atoms with van der Waals surface area (Å²) in [4.78, 5) is 0. The zero-order valence-corrected chi connectivity index (χ0v) is 13.7. The molecule has 1 fully saturated rings. The van der Waals surface area contributed by atoms with Crippen molar-refractivity contribution in [2.75, 3.05) is 7.11 Å². The van der Waals surface area contributed by atoms with E-state index in [0.717, 1.165) is 36.0 Å². The molecule has 2 rings (SSSR count). The fourth-order valence-corrected chi connectivity index (χ4v) is 3.49. The van der Waals surface area contributed by atoms with E-state index in [2.05, 4.69) is 26.0 Å². The summed E-state index contributed by atoms with van der Waals surface area (Å²) in [6.45, 7) is 6.66. The van der Waals surface area contributed by atoms with E-state index in [4.69, 9.17) is 15.2 Å². The lowest BCUT2D eigenvalue weighted by Gasteiger charge is -2.35. The number of hydrogen-bond donors (Lipinski definition) is 1. The number of ether oxygens (including phenoxy) is 2. The van der Waals surface area contributed by atoms with Crippen molar-refractivity contribution >= 4 is 0 Å². The number of hydrogen-bond acceptors (Lipinski definition) is 3. The normalized spacial score (nSPS) is 28.9. The summed E-state index contributed by atoms with van der Waals surface area (Å²) in [7, 11) is 1.68. The highest BCUT2D eigenvalue weighted by Crippen LogP contribution is 2.34. The second kappa shape index (κ2) is 7.28. The third kappa shape index (κ3) is 4.45. The van der Waals surface area contributed by atoms with E-state index in [0.29, 0.717) is 6.10 Å². The van der Waals surface area contributed by atoms with Gasteiger partial charge in [0.1, 0.15) is 5.75 Å². The van der Waals surface area contributed by atoms with Crippen molar-refractivity contribution in [2.45, 2.75) is 58.3 Å². The first-order chi connectivity index (χ1) is 9.99. The minimum absolute atomic E-state index is 0.0223. The molecule has 0 aliphatic heterocycles. The van der Waals surface area contributed by atoms with Gasteiger partial charge in [-0.2, -0.15) is 0 Å². The molecule has 0 aromatic heterocycles. The van der Waals surface area contributed by atoms with Crippen LogP contribution in [0.5, 0.6) is 5.75 Å². The maximum Gasteiger partial charge on any atom is 0.118 e. The molecule has 2 N–H and O–H groups in total. The lowest BCUT2D eigenvalue weighted by atomic mass is 9.81. The summed E-state index contributed by atoms with van der Waals surface area (Å²) in [6, 6.07) is 8.04. The average Bonchev–Trinajstić information content (AvgIpc) is 2.43. The van der Waals surface area contributed by atoms with Gasteiger partial charge in [-0.1, -0.05) is 26.0 Å². The Morgan fingerprint density at radius 1 is 1.05 bits per heavy atom. The topological polar surface area (TPSA) is 44.5 Å². The van der Waals surface area contributed by atoms with Crippen molar-refractivity contribution in [2.24, 2.45) is 17.6 Å². The lowest BCUT2D eigenvalue weighted by Crippen LogP contribution is -2.34.